The number of nitrogens with two attached hydrogens (primary N) is 1. The Morgan fingerprint density at radius 2 is 1.43 bits per heavy atom. The summed E-state index contributed by atoms with van der Waals surface area (Å²) in [4.78, 5) is 1.90. The van der Waals surface area contributed by atoms with Crippen LogP contribution in [0.25, 0.3) is 0 Å². The van der Waals surface area contributed by atoms with Crippen LogP contribution in [0.5, 0.6) is 0 Å². The Kier molecular flexibility index (Phi) is 4.53. The van der Waals surface area contributed by atoms with Crippen molar-refractivity contribution >= 4 is 5.69 Å². The largest absolute Gasteiger partial charge is 0.416 e. The molecule has 0 aliphatic heterocycles. The molecular formula is C16H17F3N2. The van der Waals surface area contributed by atoms with Crippen molar-refractivity contribution in [1.82, 2.24) is 0 Å². The van der Waals surface area contributed by atoms with Gasteiger partial charge in [-0.1, -0.05) is 24.3 Å². The molecule has 2 aromatic carbocycles. The van der Waals surface area contributed by atoms with Crippen LogP contribution in [0.1, 0.15) is 16.7 Å². The van der Waals surface area contributed by atoms with Gasteiger partial charge in [-0.15, -0.1) is 0 Å². The van der Waals surface area contributed by atoms with Crippen molar-refractivity contribution in [2.75, 3.05) is 11.9 Å². The van der Waals surface area contributed by atoms with E-state index in [1.54, 1.807) is 0 Å². The summed E-state index contributed by atoms with van der Waals surface area (Å²) in [6.07, 6.45) is -4.30. The van der Waals surface area contributed by atoms with Gasteiger partial charge < -0.3 is 10.6 Å². The van der Waals surface area contributed by atoms with Crippen molar-refractivity contribution in [3.05, 3.63) is 65.2 Å². The van der Waals surface area contributed by atoms with Crippen molar-refractivity contribution in [3.63, 3.8) is 0 Å². The second-order valence-electron chi connectivity index (χ2n) is 4.92. The van der Waals surface area contributed by atoms with Crippen LogP contribution in [0.3, 0.4) is 0 Å². The number of nitrogens with zero attached hydrogens (tertiary/aromatic N) is 1. The quantitative estimate of drug-likeness (QED) is 0.929. The van der Waals surface area contributed by atoms with E-state index < -0.39 is 11.7 Å². The van der Waals surface area contributed by atoms with Gasteiger partial charge in [-0.25, -0.2) is 0 Å². The Bertz CT molecular complexity index is 574. The van der Waals surface area contributed by atoms with Crippen LogP contribution < -0.4 is 10.6 Å². The summed E-state index contributed by atoms with van der Waals surface area (Å²) in [7, 11) is 1.85. The van der Waals surface area contributed by atoms with Gasteiger partial charge >= 0.3 is 6.18 Å². The summed E-state index contributed by atoms with van der Waals surface area (Å²) in [5.74, 6) is 0. The zero-order valence-electron chi connectivity index (χ0n) is 11.7. The van der Waals surface area contributed by atoms with Crippen LogP contribution >= 0.6 is 0 Å². The molecule has 0 spiro atoms. The van der Waals surface area contributed by atoms with Crippen molar-refractivity contribution < 1.29 is 13.2 Å². The number of rotatable bonds is 4. The Labute approximate surface area is 122 Å². The van der Waals surface area contributed by atoms with Crippen LogP contribution in [0.4, 0.5) is 18.9 Å². The maximum atomic E-state index is 12.5. The van der Waals surface area contributed by atoms with Gasteiger partial charge in [0.1, 0.15) is 0 Å². The average Bonchev–Trinajstić information content (AvgIpc) is 2.47. The molecule has 0 fully saturated rings. The van der Waals surface area contributed by atoms with E-state index in [2.05, 4.69) is 0 Å². The number of hydrogen-bond donors (Lipinski definition) is 1. The molecule has 0 saturated heterocycles. The number of benzene rings is 2. The highest BCUT2D eigenvalue weighted by molar-refractivity contribution is 5.48. The molecule has 112 valence electrons. The lowest BCUT2D eigenvalue weighted by molar-refractivity contribution is -0.137. The molecule has 0 aliphatic carbocycles. The molecule has 2 aromatic rings. The van der Waals surface area contributed by atoms with E-state index in [0.29, 0.717) is 13.1 Å². The smallest absolute Gasteiger partial charge is 0.370 e. The Morgan fingerprint density at radius 1 is 0.905 bits per heavy atom. The maximum Gasteiger partial charge on any atom is 0.416 e. The first-order chi connectivity index (χ1) is 9.90. The summed E-state index contributed by atoms with van der Waals surface area (Å²) in [5, 5.41) is 0. The molecule has 0 aliphatic rings. The minimum absolute atomic E-state index is 0.495. The predicted octanol–water partition coefficient (Wildman–Crippen LogP) is 3.80. The van der Waals surface area contributed by atoms with Crippen LogP contribution in [0.15, 0.2) is 48.5 Å². The number of anilines is 1. The first-order valence-electron chi connectivity index (χ1n) is 6.56. The van der Waals surface area contributed by atoms with E-state index in [1.807, 2.05) is 36.2 Å². The standard InChI is InChI=1S/C16H17F3N2/c1-21(11-13-4-2-12(10-20)3-5-13)15-8-6-14(7-9-15)16(17,18)19/h2-9H,10-11,20H2,1H3. The lowest BCUT2D eigenvalue weighted by Crippen LogP contribution is -2.16. The molecular weight excluding hydrogens is 277 g/mol. The summed E-state index contributed by atoms with van der Waals surface area (Å²) in [6, 6.07) is 13.0. The summed E-state index contributed by atoms with van der Waals surface area (Å²) in [5.41, 5.74) is 7.78. The summed E-state index contributed by atoms with van der Waals surface area (Å²) >= 11 is 0. The van der Waals surface area contributed by atoms with Gasteiger partial charge in [-0.2, -0.15) is 13.2 Å². The van der Waals surface area contributed by atoms with Gasteiger partial charge in [0.15, 0.2) is 0 Å². The molecule has 0 radical (unpaired) electrons. The summed E-state index contributed by atoms with van der Waals surface area (Å²) < 4.78 is 37.5. The molecule has 0 unspecified atom stereocenters. The second-order valence-corrected chi connectivity index (χ2v) is 4.92. The lowest BCUT2D eigenvalue weighted by Gasteiger charge is -2.20. The normalized spacial score (nSPS) is 11.5. The van der Waals surface area contributed by atoms with Crippen molar-refractivity contribution in [2.45, 2.75) is 19.3 Å². The molecule has 2 N–H and O–H groups in total. The van der Waals surface area contributed by atoms with Crippen molar-refractivity contribution in [2.24, 2.45) is 5.73 Å². The Balaban J connectivity index is 2.07. The van der Waals surface area contributed by atoms with Gasteiger partial charge in [0.2, 0.25) is 0 Å². The highest BCUT2D eigenvalue weighted by Gasteiger charge is 2.30. The third-order valence-corrected chi connectivity index (χ3v) is 3.31. The van der Waals surface area contributed by atoms with Gasteiger partial charge in [-0.3, -0.25) is 0 Å². The monoisotopic (exact) mass is 294 g/mol. The fraction of sp³-hybridized carbons (Fsp3) is 0.250. The predicted molar refractivity (Wildman–Crippen MR) is 77.9 cm³/mol. The van der Waals surface area contributed by atoms with E-state index in [0.717, 1.165) is 28.9 Å². The zero-order chi connectivity index (χ0) is 15.5. The second kappa shape index (κ2) is 6.18. The Hall–Kier alpha value is -2.01. The molecule has 2 rings (SSSR count). The molecule has 0 amide bonds. The third-order valence-electron chi connectivity index (χ3n) is 3.31. The molecule has 21 heavy (non-hydrogen) atoms. The third kappa shape index (κ3) is 3.98. The molecule has 0 saturated carbocycles. The first-order valence-corrected chi connectivity index (χ1v) is 6.56. The molecule has 0 bridgehead atoms. The van der Waals surface area contributed by atoms with Gasteiger partial charge in [0.25, 0.3) is 0 Å². The number of halogens is 3. The fourth-order valence-corrected chi connectivity index (χ4v) is 2.05. The highest BCUT2D eigenvalue weighted by Crippen LogP contribution is 2.30. The van der Waals surface area contributed by atoms with E-state index in [1.165, 1.54) is 12.1 Å². The van der Waals surface area contributed by atoms with Crippen LogP contribution in [0.2, 0.25) is 0 Å². The molecule has 0 heterocycles. The van der Waals surface area contributed by atoms with Crippen LogP contribution in [-0.2, 0) is 19.3 Å². The topological polar surface area (TPSA) is 29.3 Å². The number of alkyl halides is 3. The first kappa shape index (κ1) is 15.4. The van der Waals surface area contributed by atoms with Crippen molar-refractivity contribution in [1.29, 1.82) is 0 Å². The lowest BCUT2D eigenvalue weighted by atomic mass is 10.1. The highest BCUT2D eigenvalue weighted by atomic mass is 19.4. The maximum absolute atomic E-state index is 12.5. The fourth-order valence-electron chi connectivity index (χ4n) is 2.05. The van der Waals surface area contributed by atoms with Crippen molar-refractivity contribution in [3.8, 4) is 0 Å². The average molecular weight is 294 g/mol. The van der Waals surface area contributed by atoms with E-state index in [4.69, 9.17) is 5.73 Å². The van der Waals surface area contributed by atoms with Gasteiger partial charge in [-0.05, 0) is 35.4 Å². The van der Waals surface area contributed by atoms with Gasteiger partial charge in [0.05, 0.1) is 5.56 Å². The van der Waals surface area contributed by atoms with E-state index in [-0.39, 0.29) is 0 Å². The summed E-state index contributed by atoms with van der Waals surface area (Å²) in [6.45, 7) is 1.12. The molecule has 0 aromatic heterocycles. The SMILES string of the molecule is CN(Cc1ccc(CN)cc1)c1ccc(C(F)(F)F)cc1. The molecule has 2 nitrogen and oxygen atoms in total. The molecule has 5 heteroatoms. The zero-order valence-corrected chi connectivity index (χ0v) is 11.7. The van der Waals surface area contributed by atoms with E-state index >= 15 is 0 Å². The molecule has 0 atom stereocenters. The van der Waals surface area contributed by atoms with Crippen LogP contribution in [-0.4, -0.2) is 7.05 Å². The Morgan fingerprint density at radius 3 is 1.90 bits per heavy atom. The number of hydrogen-bond acceptors (Lipinski definition) is 2. The van der Waals surface area contributed by atoms with Crippen LogP contribution in [0, 0.1) is 0 Å². The van der Waals surface area contributed by atoms with Gasteiger partial charge in [0, 0.05) is 25.8 Å². The minimum atomic E-state index is -4.30. The van der Waals surface area contributed by atoms with E-state index in [9.17, 15) is 13.2 Å². The minimum Gasteiger partial charge on any atom is -0.370 e.